The topological polar surface area (TPSA) is 17.1 Å². The van der Waals surface area contributed by atoms with Crippen molar-refractivity contribution in [3.05, 3.63) is 0 Å². The predicted molar refractivity (Wildman–Crippen MR) is 73.0 cm³/mol. The van der Waals surface area contributed by atoms with Crippen LogP contribution in [-0.2, 0) is 4.79 Å². The Kier molecular flexibility index (Phi) is 3.27. The first-order chi connectivity index (χ1) is 8.19. The Balaban J connectivity index is 1.64. The Hall–Kier alpha value is 0.0200. The number of carbonyl (C=O) groups is 1. The van der Waals surface area contributed by atoms with E-state index in [-0.39, 0.29) is 0 Å². The second kappa shape index (κ2) is 4.60. The van der Waals surface area contributed by atoms with E-state index < -0.39 is 0 Å². The quantitative estimate of drug-likeness (QED) is 0.743. The molecule has 4 bridgehead atoms. The molecule has 4 aliphatic carbocycles. The maximum absolute atomic E-state index is 12.0. The minimum absolute atomic E-state index is 0.451. The predicted octanol–water partition coefficient (Wildman–Crippen LogP) is 4.26. The van der Waals surface area contributed by atoms with Crippen molar-refractivity contribution >= 4 is 16.9 Å². The van der Waals surface area contributed by atoms with Gasteiger partial charge in [0.05, 0.1) is 0 Å². The van der Waals surface area contributed by atoms with Gasteiger partial charge in [0.15, 0.2) is 5.12 Å². The first-order valence-corrected chi connectivity index (χ1v) is 8.33. The molecule has 0 aromatic carbocycles. The Morgan fingerprint density at radius 3 is 2.12 bits per heavy atom. The summed E-state index contributed by atoms with van der Waals surface area (Å²) in [6, 6.07) is 0. The van der Waals surface area contributed by atoms with Gasteiger partial charge in [-0.15, -0.1) is 0 Å². The Morgan fingerprint density at radius 1 is 1.12 bits per heavy atom. The number of hydrogen-bond donors (Lipinski definition) is 0. The van der Waals surface area contributed by atoms with Gasteiger partial charge in [-0.3, -0.25) is 4.79 Å². The number of thioether (sulfide) groups is 1. The van der Waals surface area contributed by atoms with Crippen molar-refractivity contribution in [1.82, 2.24) is 0 Å². The van der Waals surface area contributed by atoms with E-state index in [1.54, 1.807) is 11.8 Å². The van der Waals surface area contributed by atoms with Crippen molar-refractivity contribution in [2.24, 2.45) is 23.2 Å². The highest BCUT2D eigenvalue weighted by Gasteiger charge is 2.51. The molecule has 4 saturated carbocycles. The lowest BCUT2D eigenvalue weighted by Crippen LogP contribution is -2.46. The van der Waals surface area contributed by atoms with Gasteiger partial charge >= 0.3 is 0 Å². The van der Waals surface area contributed by atoms with Crippen LogP contribution in [0.25, 0.3) is 0 Å². The molecule has 0 aromatic rings. The fourth-order valence-corrected chi connectivity index (χ4v) is 5.92. The summed E-state index contributed by atoms with van der Waals surface area (Å²) < 4.78 is 0. The van der Waals surface area contributed by atoms with Crippen LogP contribution in [0.2, 0.25) is 0 Å². The van der Waals surface area contributed by atoms with Gasteiger partial charge in [-0.05, 0) is 68.1 Å². The van der Waals surface area contributed by atoms with Gasteiger partial charge in [0.2, 0.25) is 0 Å². The molecule has 4 rings (SSSR count). The molecule has 4 aliphatic rings. The lowest BCUT2D eigenvalue weighted by molar-refractivity contribution is -0.119. The van der Waals surface area contributed by atoms with E-state index in [2.05, 4.69) is 6.92 Å². The average molecular weight is 252 g/mol. The van der Waals surface area contributed by atoms with Crippen LogP contribution in [-0.4, -0.2) is 10.9 Å². The molecule has 17 heavy (non-hydrogen) atoms. The van der Waals surface area contributed by atoms with Crippen LogP contribution in [0, 0.1) is 23.2 Å². The first kappa shape index (κ1) is 12.1. The number of rotatable bonds is 4. The summed E-state index contributed by atoms with van der Waals surface area (Å²) in [5.74, 6) is 3.95. The molecule has 0 spiro atoms. The second-order valence-electron chi connectivity index (χ2n) is 6.81. The fourth-order valence-electron chi connectivity index (χ4n) is 5.08. The monoisotopic (exact) mass is 252 g/mol. The molecule has 96 valence electrons. The lowest BCUT2D eigenvalue weighted by atomic mass is 9.49. The first-order valence-electron chi connectivity index (χ1n) is 7.35. The van der Waals surface area contributed by atoms with Gasteiger partial charge in [0.1, 0.15) is 0 Å². The summed E-state index contributed by atoms with van der Waals surface area (Å²) in [5.41, 5.74) is 0.451. The highest BCUT2D eigenvalue weighted by Crippen LogP contribution is 2.61. The van der Waals surface area contributed by atoms with Gasteiger partial charge < -0.3 is 0 Å². The number of hydrogen-bond acceptors (Lipinski definition) is 2. The highest BCUT2D eigenvalue weighted by molar-refractivity contribution is 8.13. The SMILES string of the molecule is CCCSC(=O)CC12CC3CC(CC(C3)C1)C2. The van der Waals surface area contributed by atoms with E-state index >= 15 is 0 Å². The smallest absolute Gasteiger partial charge is 0.189 e. The van der Waals surface area contributed by atoms with Crippen LogP contribution in [0.1, 0.15) is 58.3 Å². The van der Waals surface area contributed by atoms with Crippen LogP contribution >= 0.6 is 11.8 Å². The molecule has 0 saturated heterocycles. The van der Waals surface area contributed by atoms with E-state index in [0.717, 1.165) is 36.3 Å². The molecule has 0 aromatic heterocycles. The molecular formula is C15H24OS. The van der Waals surface area contributed by atoms with Crippen molar-refractivity contribution in [3.8, 4) is 0 Å². The minimum atomic E-state index is 0.451. The summed E-state index contributed by atoms with van der Waals surface area (Å²) in [6.07, 6.45) is 10.6. The van der Waals surface area contributed by atoms with Crippen LogP contribution in [0.5, 0.6) is 0 Å². The molecule has 0 unspecified atom stereocenters. The third-order valence-corrected chi connectivity index (χ3v) is 6.23. The third-order valence-electron chi connectivity index (χ3n) is 5.15. The minimum Gasteiger partial charge on any atom is -0.287 e. The van der Waals surface area contributed by atoms with Gasteiger partial charge in [0.25, 0.3) is 0 Å². The largest absolute Gasteiger partial charge is 0.287 e. The van der Waals surface area contributed by atoms with Crippen LogP contribution < -0.4 is 0 Å². The van der Waals surface area contributed by atoms with E-state index in [1.807, 2.05) is 0 Å². The average Bonchev–Trinajstić information content (AvgIpc) is 2.23. The number of carbonyl (C=O) groups excluding carboxylic acids is 1. The zero-order valence-electron chi connectivity index (χ0n) is 10.9. The standard InChI is InChI=1S/C15H24OS/c1-2-3-17-14(16)10-15-7-11-4-12(8-15)6-13(5-11)9-15/h11-13H,2-10H2,1H3. The Labute approximate surface area is 109 Å². The maximum atomic E-state index is 12.0. The molecule has 2 heteroatoms. The van der Waals surface area contributed by atoms with Crippen molar-refractivity contribution in [2.45, 2.75) is 58.3 Å². The summed E-state index contributed by atoms with van der Waals surface area (Å²) in [5, 5.41) is 0.480. The van der Waals surface area contributed by atoms with Crippen molar-refractivity contribution < 1.29 is 4.79 Å². The van der Waals surface area contributed by atoms with E-state index in [1.165, 1.54) is 38.5 Å². The molecule has 0 radical (unpaired) electrons. The molecule has 0 amide bonds. The molecule has 0 N–H and O–H groups in total. The summed E-state index contributed by atoms with van der Waals surface area (Å²) in [7, 11) is 0. The Bertz CT molecular complexity index is 275. The summed E-state index contributed by atoms with van der Waals surface area (Å²) in [4.78, 5) is 12.0. The van der Waals surface area contributed by atoms with Crippen molar-refractivity contribution in [3.63, 3.8) is 0 Å². The maximum Gasteiger partial charge on any atom is 0.189 e. The normalized spacial score (nSPS) is 43.0. The summed E-state index contributed by atoms with van der Waals surface area (Å²) in [6.45, 7) is 2.16. The molecule has 1 nitrogen and oxygen atoms in total. The van der Waals surface area contributed by atoms with Gasteiger partial charge in [0, 0.05) is 12.2 Å². The molecular weight excluding hydrogens is 228 g/mol. The van der Waals surface area contributed by atoms with E-state index in [0.29, 0.717) is 10.5 Å². The van der Waals surface area contributed by atoms with Gasteiger partial charge in [-0.1, -0.05) is 18.7 Å². The second-order valence-corrected chi connectivity index (χ2v) is 7.97. The van der Waals surface area contributed by atoms with Crippen molar-refractivity contribution in [2.75, 3.05) is 5.75 Å². The van der Waals surface area contributed by atoms with Gasteiger partial charge in [-0.2, -0.15) is 0 Å². The van der Waals surface area contributed by atoms with E-state index in [4.69, 9.17) is 0 Å². The third kappa shape index (κ3) is 2.43. The van der Waals surface area contributed by atoms with E-state index in [9.17, 15) is 4.79 Å². The van der Waals surface area contributed by atoms with Crippen LogP contribution in [0.3, 0.4) is 0 Å². The molecule has 0 heterocycles. The highest BCUT2D eigenvalue weighted by atomic mass is 32.2. The molecule has 0 atom stereocenters. The zero-order chi connectivity index (χ0) is 11.9. The molecule has 4 fully saturated rings. The van der Waals surface area contributed by atoms with Crippen molar-refractivity contribution in [1.29, 1.82) is 0 Å². The fraction of sp³-hybridized carbons (Fsp3) is 0.933. The zero-order valence-corrected chi connectivity index (χ0v) is 11.7. The molecule has 0 aliphatic heterocycles. The van der Waals surface area contributed by atoms with Crippen LogP contribution in [0.15, 0.2) is 0 Å². The lowest BCUT2D eigenvalue weighted by Gasteiger charge is -2.56. The summed E-state index contributed by atoms with van der Waals surface area (Å²) >= 11 is 1.59. The van der Waals surface area contributed by atoms with Crippen LogP contribution in [0.4, 0.5) is 0 Å². The Morgan fingerprint density at radius 2 is 1.65 bits per heavy atom. The van der Waals surface area contributed by atoms with Gasteiger partial charge in [-0.25, -0.2) is 0 Å².